The third-order valence-corrected chi connectivity index (χ3v) is 4.38. The molecule has 7 nitrogen and oxygen atoms in total. The minimum Gasteiger partial charge on any atom is -0.330 e. The lowest BCUT2D eigenvalue weighted by molar-refractivity contribution is 0.0732. The van der Waals surface area contributed by atoms with Crippen molar-refractivity contribution < 1.29 is 4.79 Å². The van der Waals surface area contributed by atoms with Gasteiger partial charge in [0.05, 0.1) is 17.3 Å². The van der Waals surface area contributed by atoms with Crippen molar-refractivity contribution in [2.75, 3.05) is 6.54 Å². The third kappa shape index (κ3) is 2.38. The molecule has 0 aliphatic carbocycles. The summed E-state index contributed by atoms with van der Waals surface area (Å²) in [5.74, 6) is -0.0410. The van der Waals surface area contributed by atoms with Crippen LogP contribution in [-0.2, 0) is 0 Å². The Balaban J connectivity index is 1.72. The topological polar surface area (TPSA) is 83.4 Å². The van der Waals surface area contributed by atoms with Crippen LogP contribution in [-0.4, -0.2) is 36.9 Å². The fourth-order valence-electron chi connectivity index (χ4n) is 3.29. The minimum atomic E-state index is -0.146. The van der Waals surface area contributed by atoms with Gasteiger partial charge in [-0.1, -0.05) is 0 Å². The van der Waals surface area contributed by atoms with Crippen molar-refractivity contribution in [3.63, 3.8) is 0 Å². The maximum absolute atomic E-state index is 12.8. The molecular formula is C17H17N5O2. The first-order valence-corrected chi connectivity index (χ1v) is 7.94. The molecule has 0 radical (unpaired) electrons. The first kappa shape index (κ1) is 14.6. The summed E-state index contributed by atoms with van der Waals surface area (Å²) in [4.78, 5) is 35.1. The Labute approximate surface area is 138 Å². The first-order valence-electron chi connectivity index (χ1n) is 7.94. The molecule has 0 aromatic carbocycles. The number of H-pyrrole nitrogens is 1. The number of aromatic nitrogens is 4. The second kappa shape index (κ2) is 5.59. The number of nitrogens with zero attached hydrogens (tertiary/aromatic N) is 4. The van der Waals surface area contributed by atoms with Crippen molar-refractivity contribution in [2.45, 2.75) is 25.8 Å². The smallest absolute Gasteiger partial charge is 0.272 e. The summed E-state index contributed by atoms with van der Waals surface area (Å²) in [6, 6.07) is 6.78. The number of hydrogen-bond acceptors (Lipinski definition) is 4. The zero-order chi connectivity index (χ0) is 16.7. The van der Waals surface area contributed by atoms with E-state index in [0.717, 1.165) is 18.5 Å². The molecule has 1 saturated heterocycles. The van der Waals surface area contributed by atoms with Crippen LogP contribution in [0.15, 0.2) is 41.5 Å². The van der Waals surface area contributed by atoms with Gasteiger partial charge >= 0.3 is 0 Å². The molecular weight excluding hydrogens is 306 g/mol. The van der Waals surface area contributed by atoms with Crippen LogP contribution in [0.1, 0.15) is 40.6 Å². The molecule has 0 saturated carbocycles. The quantitative estimate of drug-likeness (QED) is 0.778. The van der Waals surface area contributed by atoms with E-state index in [9.17, 15) is 9.59 Å². The SMILES string of the molecule is Cc1cc(=O)n2[nH]c([C@@H]3CCCN3C(=O)c3cccnc3)cc2n1. The molecule has 122 valence electrons. The minimum absolute atomic E-state index is 0.0410. The number of carbonyl (C=O) groups excluding carboxylic acids is 1. The zero-order valence-corrected chi connectivity index (χ0v) is 13.3. The Morgan fingerprint density at radius 2 is 2.25 bits per heavy atom. The van der Waals surface area contributed by atoms with Gasteiger partial charge in [-0.3, -0.25) is 19.7 Å². The van der Waals surface area contributed by atoms with Gasteiger partial charge in [0.15, 0.2) is 5.65 Å². The molecule has 1 fully saturated rings. The maximum atomic E-state index is 12.8. The van der Waals surface area contributed by atoms with Gasteiger partial charge < -0.3 is 4.90 Å². The van der Waals surface area contributed by atoms with E-state index in [1.807, 2.05) is 11.0 Å². The second-order valence-electron chi connectivity index (χ2n) is 6.04. The third-order valence-electron chi connectivity index (χ3n) is 4.38. The summed E-state index contributed by atoms with van der Waals surface area (Å²) < 4.78 is 1.42. The number of hydrogen-bond donors (Lipinski definition) is 1. The van der Waals surface area contributed by atoms with Gasteiger partial charge in [-0.2, -0.15) is 0 Å². The van der Waals surface area contributed by atoms with E-state index in [1.54, 1.807) is 31.5 Å². The average Bonchev–Trinajstić information content (AvgIpc) is 3.21. The van der Waals surface area contributed by atoms with E-state index in [4.69, 9.17) is 0 Å². The lowest BCUT2D eigenvalue weighted by Crippen LogP contribution is -2.31. The van der Waals surface area contributed by atoms with Crippen molar-refractivity contribution in [3.05, 3.63) is 64.0 Å². The summed E-state index contributed by atoms with van der Waals surface area (Å²) >= 11 is 0. The van der Waals surface area contributed by atoms with E-state index in [-0.39, 0.29) is 17.5 Å². The van der Waals surface area contributed by atoms with Crippen molar-refractivity contribution in [1.29, 1.82) is 0 Å². The monoisotopic (exact) mass is 323 g/mol. The molecule has 0 spiro atoms. The lowest BCUT2D eigenvalue weighted by atomic mass is 10.1. The molecule has 3 aromatic heterocycles. The fourth-order valence-corrected chi connectivity index (χ4v) is 3.29. The van der Waals surface area contributed by atoms with Crippen molar-refractivity contribution in [2.24, 2.45) is 0 Å². The molecule has 1 N–H and O–H groups in total. The van der Waals surface area contributed by atoms with E-state index in [2.05, 4.69) is 15.1 Å². The normalized spacial score (nSPS) is 17.5. The fraction of sp³-hybridized carbons (Fsp3) is 0.294. The molecule has 0 bridgehead atoms. The van der Waals surface area contributed by atoms with Crippen molar-refractivity contribution in [3.8, 4) is 0 Å². The van der Waals surface area contributed by atoms with E-state index < -0.39 is 0 Å². The Morgan fingerprint density at radius 1 is 1.38 bits per heavy atom. The number of rotatable bonds is 2. The van der Waals surface area contributed by atoms with E-state index in [0.29, 0.717) is 23.4 Å². The predicted molar refractivity (Wildman–Crippen MR) is 87.8 cm³/mol. The molecule has 4 rings (SSSR count). The number of fused-ring (bicyclic) bond motifs is 1. The average molecular weight is 323 g/mol. The van der Waals surface area contributed by atoms with Crippen LogP contribution < -0.4 is 5.56 Å². The summed E-state index contributed by atoms with van der Waals surface area (Å²) in [6.45, 7) is 2.48. The molecule has 7 heteroatoms. The molecule has 1 aliphatic heterocycles. The number of likely N-dealkylation sites (tertiary alicyclic amines) is 1. The Morgan fingerprint density at radius 3 is 3.04 bits per heavy atom. The predicted octanol–water partition coefficient (Wildman–Crippen LogP) is 1.70. The Bertz CT molecular complexity index is 960. The number of carbonyl (C=O) groups is 1. The van der Waals surface area contributed by atoms with Crippen LogP contribution in [0.25, 0.3) is 5.65 Å². The second-order valence-corrected chi connectivity index (χ2v) is 6.04. The summed E-state index contributed by atoms with van der Waals surface area (Å²) in [6.07, 6.45) is 5.01. The molecule has 1 amide bonds. The molecule has 1 atom stereocenters. The first-order chi connectivity index (χ1) is 11.6. The van der Waals surface area contributed by atoms with Crippen LogP contribution in [0.3, 0.4) is 0 Å². The van der Waals surface area contributed by atoms with E-state index >= 15 is 0 Å². The number of pyridine rings is 1. The van der Waals surface area contributed by atoms with E-state index in [1.165, 1.54) is 10.6 Å². The Hall–Kier alpha value is -2.96. The lowest BCUT2D eigenvalue weighted by Gasteiger charge is -2.23. The van der Waals surface area contributed by atoms with Crippen LogP contribution in [0.2, 0.25) is 0 Å². The largest absolute Gasteiger partial charge is 0.330 e. The van der Waals surface area contributed by atoms with Gasteiger partial charge in [-0.05, 0) is 31.9 Å². The highest BCUT2D eigenvalue weighted by Crippen LogP contribution is 2.32. The molecule has 4 heterocycles. The summed E-state index contributed by atoms with van der Waals surface area (Å²) in [7, 11) is 0. The molecule has 0 unspecified atom stereocenters. The summed E-state index contributed by atoms with van der Waals surface area (Å²) in [5.41, 5.74) is 2.52. The van der Waals surface area contributed by atoms with Crippen molar-refractivity contribution in [1.82, 2.24) is 24.5 Å². The van der Waals surface area contributed by atoms with Gasteiger partial charge in [0.2, 0.25) is 0 Å². The van der Waals surface area contributed by atoms with Crippen LogP contribution in [0.5, 0.6) is 0 Å². The Kier molecular flexibility index (Phi) is 3.41. The standard InChI is InChI=1S/C17H17N5O2/c1-11-8-16(23)22-15(19-11)9-13(20-22)14-5-3-7-21(14)17(24)12-4-2-6-18-10-12/h2,4,6,8-10,14,20H,3,5,7H2,1H3/t14-/m0/s1. The highest BCUT2D eigenvalue weighted by Gasteiger charge is 2.32. The zero-order valence-electron chi connectivity index (χ0n) is 13.3. The number of aryl methyl sites for hydroxylation is 1. The number of nitrogens with one attached hydrogen (secondary N) is 1. The summed E-state index contributed by atoms with van der Waals surface area (Å²) in [5, 5.41) is 3.10. The van der Waals surface area contributed by atoms with Gasteiger partial charge in [0.25, 0.3) is 11.5 Å². The maximum Gasteiger partial charge on any atom is 0.272 e. The highest BCUT2D eigenvalue weighted by molar-refractivity contribution is 5.94. The van der Waals surface area contributed by atoms with Gasteiger partial charge in [0, 0.05) is 36.8 Å². The van der Waals surface area contributed by atoms with Crippen LogP contribution >= 0.6 is 0 Å². The van der Waals surface area contributed by atoms with Crippen LogP contribution in [0, 0.1) is 6.92 Å². The molecule has 3 aromatic rings. The number of amides is 1. The molecule has 24 heavy (non-hydrogen) atoms. The van der Waals surface area contributed by atoms with Crippen LogP contribution in [0.4, 0.5) is 0 Å². The highest BCUT2D eigenvalue weighted by atomic mass is 16.2. The number of aromatic amines is 1. The van der Waals surface area contributed by atoms with Gasteiger partial charge in [0.1, 0.15) is 0 Å². The molecule has 1 aliphatic rings. The van der Waals surface area contributed by atoms with Gasteiger partial charge in [-0.25, -0.2) is 9.50 Å². The van der Waals surface area contributed by atoms with Crippen molar-refractivity contribution >= 4 is 11.6 Å². The van der Waals surface area contributed by atoms with Gasteiger partial charge in [-0.15, -0.1) is 0 Å².